The number of rotatable bonds is 6. The van der Waals surface area contributed by atoms with Crippen LogP contribution in [0.2, 0.25) is 0 Å². The first-order chi connectivity index (χ1) is 19.4. The van der Waals surface area contributed by atoms with Crippen LogP contribution in [0.1, 0.15) is 63.4 Å². The molecule has 1 N–H and O–H groups in total. The molecule has 8 nitrogen and oxygen atoms in total. The second kappa shape index (κ2) is 10.7. The molecule has 2 aliphatic carbocycles. The topological polar surface area (TPSA) is 108 Å². The van der Waals surface area contributed by atoms with Gasteiger partial charge in [-0.2, -0.15) is 0 Å². The van der Waals surface area contributed by atoms with Gasteiger partial charge in [-0.1, -0.05) is 55.5 Å². The molecule has 0 radical (unpaired) electrons. The average Bonchev–Trinajstić information content (AvgIpc) is 3.19. The summed E-state index contributed by atoms with van der Waals surface area (Å²) in [5.41, 5.74) is -1.66. The molecule has 1 saturated heterocycles. The highest BCUT2D eigenvalue weighted by Gasteiger charge is 2.77. The minimum Gasteiger partial charge on any atom is -0.459 e. The predicted molar refractivity (Wildman–Crippen MR) is 150 cm³/mol. The molecule has 41 heavy (non-hydrogen) atoms. The number of esters is 3. The summed E-state index contributed by atoms with van der Waals surface area (Å²) in [4.78, 5) is 38.8. The lowest BCUT2D eigenvalue weighted by atomic mass is 9.49. The highest BCUT2D eigenvalue weighted by molar-refractivity contribution is 5.89. The third-order valence-corrected chi connectivity index (χ3v) is 9.54. The van der Waals surface area contributed by atoms with Crippen molar-refractivity contribution in [3.8, 4) is 0 Å². The lowest BCUT2D eigenvalue weighted by Crippen LogP contribution is -2.75. The van der Waals surface area contributed by atoms with Gasteiger partial charge < -0.3 is 24.1 Å². The lowest BCUT2D eigenvalue weighted by molar-refractivity contribution is -0.303. The van der Waals surface area contributed by atoms with Crippen LogP contribution in [0, 0.1) is 17.3 Å². The van der Waals surface area contributed by atoms with E-state index in [4.69, 9.17) is 18.9 Å². The second-order valence-electron chi connectivity index (χ2n) is 12.2. The van der Waals surface area contributed by atoms with Gasteiger partial charge in [0.25, 0.3) is 0 Å². The molecule has 2 saturated carbocycles. The number of carbonyl (C=O) groups excluding carboxylic acids is 3. The van der Waals surface area contributed by atoms with Gasteiger partial charge in [-0.15, -0.1) is 0 Å². The highest BCUT2D eigenvalue weighted by atomic mass is 16.6. The van der Waals surface area contributed by atoms with Crippen molar-refractivity contribution in [3.63, 3.8) is 0 Å². The quantitative estimate of drug-likeness (QED) is 0.306. The number of hydrogen-bond donors (Lipinski definition) is 1. The number of carbonyl (C=O) groups is 3. The van der Waals surface area contributed by atoms with Crippen LogP contribution in [0.25, 0.3) is 6.08 Å². The van der Waals surface area contributed by atoms with Gasteiger partial charge in [0.15, 0.2) is 0 Å². The lowest BCUT2D eigenvalue weighted by Gasteiger charge is -2.62. The summed E-state index contributed by atoms with van der Waals surface area (Å²) in [6.07, 6.45) is -0.286. The molecule has 1 spiro atoms. The Kier molecular flexibility index (Phi) is 7.59. The van der Waals surface area contributed by atoms with Crippen molar-refractivity contribution < 1.29 is 38.4 Å². The molecule has 8 atom stereocenters. The van der Waals surface area contributed by atoms with Crippen LogP contribution in [-0.2, 0) is 28.5 Å². The first-order valence-electron chi connectivity index (χ1n) is 14.1. The van der Waals surface area contributed by atoms with E-state index in [2.05, 4.69) is 0 Å². The molecular formula is C33H38O8. The van der Waals surface area contributed by atoms with Crippen LogP contribution in [0.3, 0.4) is 0 Å². The molecule has 8 heteroatoms. The van der Waals surface area contributed by atoms with Gasteiger partial charge in [0.05, 0.1) is 22.2 Å². The van der Waals surface area contributed by atoms with E-state index < -0.39 is 64.9 Å². The molecule has 3 aliphatic rings. The maximum Gasteiger partial charge on any atom is 0.338 e. The average molecular weight is 563 g/mol. The van der Waals surface area contributed by atoms with Crippen LogP contribution in [0.4, 0.5) is 0 Å². The Balaban J connectivity index is 1.57. The molecule has 2 aromatic carbocycles. The normalized spacial score (nSPS) is 35.4. The van der Waals surface area contributed by atoms with Gasteiger partial charge in [0, 0.05) is 18.9 Å². The maximum absolute atomic E-state index is 13.4. The largest absolute Gasteiger partial charge is 0.459 e. The Morgan fingerprint density at radius 3 is 2.22 bits per heavy atom. The van der Waals surface area contributed by atoms with Gasteiger partial charge in [-0.25, -0.2) is 9.59 Å². The van der Waals surface area contributed by atoms with Gasteiger partial charge in [-0.05, 0) is 63.3 Å². The van der Waals surface area contributed by atoms with Crippen molar-refractivity contribution in [2.75, 3.05) is 0 Å². The summed E-state index contributed by atoms with van der Waals surface area (Å²) in [5.74, 6) is -2.24. The minimum atomic E-state index is -1.39. The third kappa shape index (κ3) is 4.97. The number of hydrogen-bond acceptors (Lipinski definition) is 8. The van der Waals surface area contributed by atoms with Crippen LogP contribution in [0.5, 0.6) is 0 Å². The fraction of sp³-hybridized carbons (Fsp3) is 0.485. The second-order valence-corrected chi connectivity index (χ2v) is 12.2. The third-order valence-electron chi connectivity index (χ3n) is 9.54. The van der Waals surface area contributed by atoms with Gasteiger partial charge >= 0.3 is 17.9 Å². The van der Waals surface area contributed by atoms with E-state index in [0.717, 1.165) is 5.56 Å². The smallest absolute Gasteiger partial charge is 0.338 e. The van der Waals surface area contributed by atoms with E-state index in [1.165, 1.54) is 13.0 Å². The highest BCUT2D eigenvalue weighted by Crippen LogP contribution is 2.67. The fourth-order valence-electron chi connectivity index (χ4n) is 7.35. The zero-order valence-electron chi connectivity index (χ0n) is 24.1. The van der Waals surface area contributed by atoms with Crippen molar-refractivity contribution in [1.82, 2.24) is 0 Å². The summed E-state index contributed by atoms with van der Waals surface area (Å²) in [7, 11) is 0. The molecule has 1 aliphatic heterocycles. The Bertz CT molecular complexity index is 1320. The number of aliphatic hydroxyl groups excluding tert-OH is 1. The summed E-state index contributed by atoms with van der Waals surface area (Å²) >= 11 is 0. The minimum absolute atomic E-state index is 0.00706. The molecule has 5 rings (SSSR count). The maximum atomic E-state index is 13.4. The van der Waals surface area contributed by atoms with Crippen LogP contribution in [0.15, 0.2) is 66.7 Å². The Hall–Kier alpha value is -3.49. The zero-order valence-corrected chi connectivity index (χ0v) is 24.1. The van der Waals surface area contributed by atoms with E-state index >= 15 is 0 Å². The van der Waals surface area contributed by atoms with Crippen molar-refractivity contribution in [3.05, 3.63) is 77.9 Å². The van der Waals surface area contributed by atoms with Crippen molar-refractivity contribution in [2.24, 2.45) is 17.3 Å². The summed E-state index contributed by atoms with van der Waals surface area (Å²) in [5, 5.41) is 11.7. The van der Waals surface area contributed by atoms with Crippen molar-refractivity contribution in [2.45, 2.75) is 83.1 Å². The van der Waals surface area contributed by atoms with Gasteiger partial charge in [0.1, 0.15) is 24.4 Å². The molecule has 3 fully saturated rings. The predicted octanol–water partition coefficient (Wildman–Crippen LogP) is 4.74. The Labute approximate surface area is 240 Å². The number of benzene rings is 2. The van der Waals surface area contributed by atoms with E-state index in [-0.39, 0.29) is 5.92 Å². The summed E-state index contributed by atoms with van der Waals surface area (Å²) < 4.78 is 24.8. The van der Waals surface area contributed by atoms with E-state index in [1.807, 2.05) is 58.0 Å². The zero-order chi connectivity index (χ0) is 29.6. The molecule has 218 valence electrons. The fourth-order valence-corrected chi connectivity index (χ4v) is 7.35. The Morgan fingerprint density at radius 2 is 1.59 bits per heavy atom. The molecule has 2 aromatic rings. The molecule has 2 bridgehead atoms. The van der Waals surface area contributed by atoms with Crippen LogP contribution >= 0.6 is 0 Å². The van der Waals surface area contributed by atoms with Crippen LogP contribution in [-0.4, -0.2) is 58.6 Å². The van der Waals surface area contributed by atoms with Crippen molar-refractivity contribution in [1.29, 1.82) is 0 Å². The standard InChI is InChI=1S/C33H38O8/c1-20-28(38-21(2)34)27(36)29(40-30(37)23-14-10-7-11-15-23)32(5)25(18-24-19-33(20,32)41-31(24,3)4)39-26(35)17-16-22-12-8-6-9-13-22/h6-17,20,24-25,27-29,36H,18-19H2,1-5H3. The van der Waals surface area contributed by atoms with Crippen LogP contribution < -0.4 is 0 Å². The summed E-state index contributed by atoms with van der Waals surface area (Å²) in [6, 6.07) is 17.9. The number of ether oxygens (including phenoxy) is 4. The number of aliphatic hydroxyl groups is 1. The van der Waals surface area contributed by atoms with Gasteiger partial charge in [-0.3, -0.25) is 4.79 Å². The summed E-state index contributed by atoms with van der Waals surface area (Å²) in [6.45, 7) is 9.01. The van der Waals surface area contributed by atoms with E-state index in [9.17, 15) is 19.5 Å². The first kappa shape index (κ1) is 29.0. The first-order valence-corrected chi connectivity index (χ1v) is 14.1. The molecule has 0 amide bonds. The number of fused-ring (bicyclic) bond motifs is 1. The molecule has 8 unspecified atom stereocenters. The van der Waals surface area contributed by atoms with Gasteiger partial charge in [0.2, 0.25) is 0 Å². The van der Waals surface area contributed by atoms with E-state index in [0.29, 0.717) is 18.4 Å². The molecular weight excluding hydrogens is 524 g/mol. The molecule has 1 heterocycles. The Morgan fingerprint density at radius 1 is 0.951 bits per heavy atom. The SMILES string of the molecule is CC(=O)OC1C(O)C(OC(=O)c2ccccc2)C2(C)C(OC(=O)C=Cc3ccccc3)CC3CC2(OC3(C)C)C1C. The molecule has 0 aromatic heterocycles. The van der Waals surface area contributed by atoms with Crippen molar-refractivity contribution >= 4 is 24.0 Å². The monoisotopic (exact) mass is 562 g/mol. The van der Waals surface area contributed by atoms with E-state index in [1.54, 1.807) is 36.4 Å².